The van der Waals surface area contributed by atoms with Crippen molar-refractivity contribution in [2.24, 2.45) is 0 Å². The molecule has 0 saturated heterocycles. The van der Waals surface area contributed by atoms with Gasteiger partial charge in [0.15, 0.2) is 0 Å². The van der Waals surface area contributed by atoms with E-state index in [-0.39, 0.29) is 6.10 Å². The molecule has 0 aliphatic heterocycles. The summed E-state index contributed by atoms with van der Waals surface area (Å²) in [4.78, 5) is 0. The SMILES string of the molecule is CCCNCC(O)Cc1cccc(OC)c1. The van der Waals surface area contributed by atoms with Crippen LogP contribution in [-0.4, -0.2) is 31.4 Å². The third-order valence-corrected chi connectivity index (χ3v) is 2.41. The van der Waals surface area contributed by atoms with E-state index >= 15 is 0 Å². The number of aliphatic hydroxyl groups excluding tert-OH is 1. The van der Waals surface area contributed by atoms with Gasteiger partial charge in [-0.3, -0.25) is 0 Å². The van der Waals surface area contributed by atoms with E-state index in [2.05, 4.69) is 12.2 Å². The Morgan fingerprint density at radius 3 is 2.94 bits per heavy atom. The summed E-state index contributed by atoms with van der Waals surface area (Å²) < 4.78 is 5.14. The number of nitrogens with one attached hydrogen (secondary N) is 1. The molecule has 1 aromatic rings. The van der Waals surface area contributed by atoms with Crippen LogP contribution >= 0.6 is 0 Å². The first-order chi connectivity index (χ1) is 7.76. The molecule has 1 rings (SSSR count). The van der Waals surface area contributed by atoms with Crippen LogP contribution in [0.1, 0.15) is 18.9 Å². The van der Waals surface area contributed by atoms with Gasteiger partial charge >= 0.3 is 0 Å². The van der Waals surface area contributed by atoms with E-state index in [4.69, 9.17) is 4.74 Å². The minimum Gasteiger partial charge on any atom is -0.497 e. The van der Waals surface area contributed by atoms with Gasteiger partial charge in [0.1, 0.15) is 5.75 Å². The first-order valence-electron chi connectivity index (χ1n) is 5.78. The molecule has 0 spiro atoms. The Morgan fingerprint density at radius 1 is 1.44 bits per heavy atom. The Balaban J connectivity index is 2.39. The second-order valence-corrected chi connectivity index (χ2v) is 3.91. The number of methoxy groups -OCH3 is 1. The normalized spacial score (nSPS) is 12.4. The summed E-state index contributed by atoms with van der Waals surface area (Å²) in [6, 6.07) is 7.82. The highest BCUT2D eigenvalue weighted by atomic mass is 16.5. The molecule has 0 bridgehead atoms. The first-order valence-corrected chi connectivity index (χ1v) is 5.78. The van der Waals surface area contributed by atoms with Gasteiger partial charge in [-0.05, 0) is 37.1 Å². The van der Waals surface area contributed by atoms with Crippen molar-refractivity contribution in [1.82, 2.24) is 5.32 Å². The quantitative estimate of drug-likeness (QED) is 0.690. The average molecular weight is 223 g/mol. The van der Waals surface area contributed by atoms with Crippen LogP contribution in [0.4, 0.5) is 0 Å². The molecule has 0 saturated carbocycles. The number of rotatable bonds is 7. The van der Waals surface area contributed by atoms with E-state index in [1.54, 1.807) is 7.11 Å². The highest BCUT2D eigenvalue weighted by Gasteiger charge is 2.05. The molecule has 0 fully saturated rings. The molecular formula is C13H21NO2. The molecule has 1 aromatic carbocycles. The summed E-state index contributed by atoms with van der Waals surface area (Å²) in [6.45, 7) is 3.71. The van der Waals surface area contributed by atoms with Crippen molar-refractivity contribution in [2.75, 3.05) is 20.2 Å². The molecule has 3 nitrogen and oxygen atoms in total. The molecule has 0 radical (unpaired) electrons. The Labute approximate surface area is 97.4 Å². The third-order valence-electron chi connectivity index (χ3n) is 2.41. The van der Waals surface area contributed by atoms with Crippen molar-refractivity contribution in [3.8, 4) is 5.75 Å². The number of aliphatic hydroxyl groups is 1. The predicted octanol–water partition coefficient (Wildman–Crippen LogP) is 1.60. The van der Waals surface area contributed by atoms with Crippen molar-refractivity contribution in [1.29, 1.82) is 0 Å². The van der Waals surface area contributed by atoms with Crippen molar-refractivity contribution in [2.45, 2.75) is 25.9 Å². The van der Waals surface area contributed by atoms with Gasteiger partial charge in [-0.2, -0.15) is 0 Å². The molecule has 3 heteroatoms. The van der Waals surface area contributed by atoms with Crippen LogP contribution in [0.3, 0.4) is 0 Å². The monoisotopic (exact) mass is 223 g/mol. The van der Waals surface area contributed by atoms with Gasteiger partial charge in [-0.25, -0.2) is 0 Å². The minimum atomic E-state index is -0.335. The number of benzene rings is 1. The lowest BCUT2D eigenvalue weighted by atomic mass is 10.1. The van der Waals surface area contributed by atoms with E-state index in [0.29, 0.717) is 13.0 Å². The molecule has 2 N–H and O–H groups in total. The fraction of sp³-hybridized carbons (Fsp3) is 0.538. The Bertz CT molecular complexity index is 302. The van der Waals surface area contributed by atoms with E-state index in [0.717, 1.165) is 24.3 Å². The van der Waals surface area contributed by atoms with Gasteiger partial charge in [-0.15, -0.1) is 0 Å². The van der Waals surface area contributed by atoms with Crippen LogP contribution in [0.2, 0.25) is 0 Å². The Hall–Kier alpha value is -1.06. The maximum absolute atomic E-state index is 9.79. The zero-order valence-corrected chi connectivity index (χ0v) is 10.1. The highest BCUT2D eigenvalue weighted by Crippen LogP contribution is 2.13. The highest BCUT2D eigenvalue weighted by molar-refractivity contribution is 5.28. The van der Waals surface area contributed by atoms with Crippen LogP contribution in [0.15, 0.2) is 24.3 Å². The molecule has 0 heterocycles. The first kappa shape index (κ1) is 13.0. The molecule has 0 amide bonds. The number of hydrogen-bond donors (Lipinski definition) is 2. The third kappa shape index (κ3) is 4.64. The largest absolute Gasteiger partial charge is 0.497 e. The maximum atomic E-state index is 9.79. The summed E-state index contributed by atoms with van der Waals surface area (Å²) >= 11 is 0. The summed E-state index contributed by atoms with van der Waals surface area (Å²) in [6.07, 6.45) is 1.42. The molecular weight excluding hydrogens is 202 g/mol. The fourth-order valence-electron chi connectivity index (χ4n) is 1.59. The average Bonchev–Trinajstić information content (AvgIpc) is 2.29. The topological polar surface area (TPSA) is 41.5 Å². The molecule has 90 valence electrons. The van der Waals surface area contributed by atoms with Crippen LogP contribution in [-0.2, 0) is 6.42 Å². The van der Waals surface area contributed by atoms with Gasteiger partial charge in [0.2, 0.25) is 0 Å². The van der Waals surface area contributed by atoms with Crippen molar-refractivity contribution < 1.29 is 9.84 Å². The molecule has 0 aliphatic carbocycles. The lowest BCUT2D eigenvalue weighted by Gasteiger charge is -2.12. The molecule has 16 heavy (non-hydrogen) atoms. The van der Waals surface area contributed by atoms with Crippen molar-refractivity contribution in [3.63, 3.8) is 0 Å². The lowest BCUT2D eigenvalue weighted by Crippen LogP contribution is -2.28. The zero-order chi connectivity index (χ0) is 11.8. The zero-order valence-electron chi connectivity index (χ0n) is 10.1. The van der Waals surface area contributed by atoms with Crippen LogP contribution < -0.4 is 10.1 Å². The van der Waals surface area contributed by atoms with Gasteiger partial charge in [0.05, 0.1) is 13.2 Å². The standard InChI is InChI=1S/C13H21NO2/c1-3-7-14-10-12(15)8-11-5-4-6-13(9-11)16-2/h4-6,9,12,14-15H,3,7-8,10H2,1-2H3. The molecule has 0 aliphatic rings. The summed E-state index contributed by atoms with van der Waals surface area (Å²) in [5, 5.41) is 13.0. The minimum absolute atomic E-state index is 0.335. The van der Waals surface area contributed by atoms with Gasteiger partial charge in [-0.1, -0.05) is 19.1 Å². The summed E-state index contributed by atoms with van der Waals surface area (Å²) in [5.41, 5.74) is 1.10. The Morgan fingerprint density at radius 2 is 2.25 bits per heavy atom. The molecule has 0 aromatic heterocycles. The van der Waals surface area contributed by atoms with Crippen LogP contribution in [0.25, 0.3) is 0 Å². The van der Waals surface area contributed by atoms with E-state index < -0.39 is 0 Å². The summed E-state index contributed by atoms with van der Waals surface area (Å²) in [7, 11) is 1.65. The van der Waals surface area contributed by atoms with Crippen LogP contribution in [0, 0.1) is 0 Å². The van der Waals surface area contributed by atoms with E-state index in [1.807, 2.05) is 24.3 Å². The van der Waals surface area contributed by atoms with Crippen LogP contribution in [0.5, 0.6) is 5.75 Å². The van der Waals surface area contributed by atoms with E-state index in [1.165, 1.54) is 0 Å². The number of hydrogen-bond acceptors (Lipinski definition) is 3. The maximum Gasteiger partial charge on any atom is 0.119 e. The van der Waals surface area contributed by atoms with Crippen molar-refractivity contribution in [3.05, 3.63) is 29.8 Å². The summed E-state index contributed by atoms with van der Waals surface area (Å²) in [5.74, 6) is 0.839. The van der Waals surface area contributed by atoms with Gasteiger partial charge in [0.25, 0.3) is 0 Å². The number of ether oxygens (including phenoxy) is 1. The smallest absolute Gasteiger partial charge is 0.119 e. The molecule has 1 atom stereocenters. The lowest BCUT2D eigenvalue weighted by molar-refractivity contribution is 0.172. The van der Waals surface area contributed by atoms with Crippen molar-refractivity contribution >= 4 is 0 Å². The Kier molecular flexibility index (Phi) is 5.90. The van der Waals surface area contributed by atoms with E-state index in [9.17, 15) is 5.11 Å². The van der Waals surface area contributed by atoms with Gasteiger partial charge < -0.3 is 15.2 Å². The predicted molar refractivity (Wildman–Crippen MR) is 65.9 cm³/mol. The second-order valence-electron chi connectivity index (χ2n) is 3.91. The fourth-order valence-corrected chi connectivity index (χ4v) is 1.59. The molecule has 1 unspecified atom stereocenters. The second kappa shape index (κ2) is 7.25. The van der Waals surface area contributed by atoms with Gasteiger partial charge in [0, 0.05) is 6.54 Å².